The van der Waals surface area contributed by atoms with Gasteiger partial charge in [-0.3, -0.25) is 0 Å². The maximum atomic E-state index is 5.74. The molecule has 0 saturated carbocycles. The normalized spacial score (nSPS) is 17.7. The summed E-state index contributed by atoms with van der Waals surface area (Å²) in [4.78, 5) is 0. The minimum absolute atomic E-state index is 0.0611. The van der Waals surface area contributed by atoms with Crippen molar-refractivity contribution in [1.29, 1.82) is 0 Å². The molecule has 1 atom stereocenters. The van der Waals surface area contributed by atoms with Crippen LogP contribution in [-0.4, -0.2) is 26.1 Å². The van der Waals surface area contributed by atoms with E-state index in [1.807, 2.05) is 54.6 Å². The summed E-state index contributed by atoms with van der Waals surface area (Å²) in [7, 11) is 0. The van der Waals surface area contributed by atoms with E-state index in [2.05, 4.69) is 0 Å². The molecule has 0 amide bonds. The average Bonchev–Trinajstić information content (AvgIpc) is 2.62. The first kappa shape index (κ1) is 15.8. The molecule has 4 heteroatoms. The Morgan fingerprint density at radius 1 is 0.826 bits per heavy atom. The second-order valence-electron chi connectivity index (χ2n) is 5.40. The maximum Gasteiger partial charge on any atom is 0.157 e. The van der Waals surface area contributed by atoms with Gasteiger partial charge in [0.2, 0.25) is 0 Å². The Hall–Kier alpha value is -2.04. The van der Waals surface area contributed by atoms with Crippen molar-refractivity contribution in [2.24, 2.45) is 0 Å². The van der Waals surface area contributed by atoms with Crippen molar-refractivity contribution >= 4 is 0 Å². The summed E-state index contributed by atoms with van der Waals surface area (Å²) < 4.78 is 22.6. The van der Waals surface area contributed by atoms with Gasteiger partial charge in [0.15, 0.2) is 6.29 Å². The molecule has 2 aromatic carbocycles. The van der Waals surface area contributed by atoms with Crippen LogP contribution in [0.4, 0.5) is 0 Å². The Kier molecular flexibility index (Phi) is 5.89. The van der Waals surface area contributed by atoms with Gasteiger partial charge < -0.3 is 18.9 Å². The largest absolute Gasteiger partial charge is 0.491 e. The monoisotopic (exact) mass is 314 g/mol. The zero-order chi connectivity index (χ0) is 15.7. The molecule has 0 radical (unpaired) electrons. The van der Waals surface area contributed by atoms with Gasteiger partial charge in [-0.2, -0.15) is 0 Å². The summed E-state index contributed by atoms with van der Waals surface area (Å²) in [6, 6.07) is 17.3. The fourth-order valence-electron chi connectivity index (χ4n) is 2.41. The number of hydrogen-bond donors (Lipinski definition) is 0. The number of ether oxygens (including phenoxy) is 4. The molecule has 0 aromatic heterocycles. The number of para-hydroxylation sites is 1. The Bertz CT molecular complexity index is 562. The fourth-order valence-corrected chi connectivity index (χ4v) is 2.41. The lowest BCUT2D eigenvalue weighted by Gasteiger charge is -2.22. The molecular weight excluding hydrogens is 292 g/mol. The van der Waals surface area contributed by atoms with Crippen molar-refractivity contribution in [2.75, 3.05) is 19.8 Å². The van der Waals surface area contributed by atoms with Crippen LogP contribution in [0.25, 0.3) is 0 Å². The van der Waals surface area contributed by atoms with E-state index in [1.165, 1.54) is 6.42 Å². The minimum atomic E-state index is -0.0611. The van der Waals surface area contributed by atoms with Crippen molar-refractivity contribution < 1.29 is 18.9 Å². The minimum Gasteiger partial charge on any atom is -0.491 e. The van der Waals surface area contributed by atoms with Crippen LogP contribution in [0, 0.1) is 0 Å². The zero-order valence-corrected chi connectivity index (χ0v) is 13.1. The quantitative estimate of drug-likeness (QED) is 0.710. The highest BCUT2D eigenvalue weighted by Crippen LogP contribution is 2.23. The number of hydrogen-bond acceptors (Lipinski definition) is 4. The summed E-state index contributed by atoms with van der Waals surface area (Å²) in [5, 5.41) is 0. The molecule has 3 rings (SSSR count). The third kappa shape index (κ3) is 5.27. The molecule has 4 nitrogen and oxygen atoms in total. The first-order valence-electron chi connectivity index (χ1n) is 8.09. The van der Waals surface area contributed by atoms with E-state index in [9.17, 15) is 0 Å². The summed E-state index contributed by atoms with van der Waals surface area (Å²) >= 11 is 0. The van der Waals surface area contributed by atoms with Gasteiger partial charge in [-0.05, 0) is 55.7 Å². The topological polar surface area (TPSA) is 36.9 Å². The molecule has 0 bridgehead atoms. The molecule has 1 unspecified atom stereocenters. The van der Waals surface area contributed by atoms with E-state index >= 15 is 0 Å². The number of rotatable bonds is 7. The standard InChI is InChI=1S/C19H22O4/c1-2-6-17(7-3-1)23-18-11-9-16(10-12-18)20-14-15-22-19-8-4-5-13-21-19/h1-3,6-7,9-12,19H,4-5,8,13-15H2. The highest BCUT2D eigenvalue weighted by Gasteiger charge is 2.13. The van der Waals surface area contributed by atoms with Gasteiger partial charge in [-0.1, -0.05) is 18.2 Å². The van der Waals surface area contributed by atoms with Crippen LogP contribution in [0.3, 0.4) is 0 Å². The summed E-state index contributed by atoms with van der Waals surface area (Å²) in [5.74, 6) is 2.41. The van der Waals surface area contributed by atoms with E-state index in [4.69, 9.17) is 18.9 Å². The van der Waals surface area contributed by atoms with Crippen molar-refractivity contribution in [3.05, 3.63) is 54.6 Å². The van der Waals surface area contributed by atoms with E-state index in [1.54, 1.807) is 0 Å². The predicted octanol–water partition coefficient (Wildman–Crippen LogP) is 4.40. The van der Waals surface area contributed by atoms with Crippen LogP contribution in [-0.2, 0) is 9.47 Å². The van der Waals surface area contributed by atoms with Gasteiger partial charge in [-0.15, -0.1) is 0 Å². The Balaban J connectivity index is 1.39. The molecule has 23 heavy (non-hydrogen) atoms. The lowest BCUT2D eigenvalue weighted by atomic mass is 10.2. The van der Waals surface area contributed by atoms with Crippen LogP contribution >= 0.6 is 0 Å². The Morgan fingerprint density at radius 3 is 2.30 bits per heavy atom. The van der Waals surface area contributed by atoms with E-state index in [0.29, 0.717) is 13.2 Å². The fraction of sp³-hybridized carbons (Fsp3) is 0.368. The number of benzene rings is 2. The van der Waals surface area contributed by atoms with Crippen molar-refractivity contribution in [3.8, 4) is 17.2 Å². The van der Waals surface area contributed by atoms with Crippen LogP contribution in [0.1, 0.15) is 19.3 Å². The second kappa shape index (κ2) is 8.56. The third-order valence-electron chi connectivity index (χ3n) is 3.60. The van der Waals surface area contributed by atoms with Gasteiger partial charge in [0.05, 0.1) is 6.61 Å². The van der Waals surface area contributed by atoms with E-state index < -0.39 is 0 Å². The third-order valence-corrected chi connectivity index (χ3v) is 3.60. The van der Waals surface area contributed by atoms with Crippen LogP contribution in [0.2, 0.25) is 0 Å². The van der Waals surface area contributed by atoms with Gasteiger partial charge in [-0.25, -0.2) is 0 Å². The van der Waals surface area contributed by atoms with Crippen molar-refractivity contribution in [2.45, 2.75) is 25.6 Å². The summed E-state index contributed by atoms with van der Waals surface area (Å²) in [6.07, 6.45) is 3.22. The lowest BCUT2D eigenvalue weighted by molar-refractivity contribution is -0.165. The molecule has 1 fully saturated rings. The molecule has 122 valence electrons. The molecule has 0 spiro atoms. The van der Waals surface area contributed by atoms with E-state index in [-0.39, 0.29) is 6.29 Å². The molecule has 1 aliphatic rings. The summed E-state index contributed by atoms with van der Waals surface area (Å²) in [5.41, 5.74) is 0. The van der Waals surface area contributed by atoms with Crippen molar-refractivity contribution in [1.82, 2.24) is 0 Å². The summed E-state index contributed by atoms with van der Waals surface area (Å²) in [6.45, 7) is 1.85. The SMILES string of the molecule is c1ccc(Oc2ccc(OCCOC3CCCCO3)cc2)cc1. The lowest BCUT2D eigenvalue weighted by Crippen LogP contribution is -2.24. The highest BCUT2D eigenvalue weighted by molar-refractivity contribution is 5.35. The Morgan fingerprint density at radius 2 is 1.57 bits per heavy atom. The van der Waals surface area contributed by atoms with Crippen LogP contribution < -0.4 is 9.47 Å². The van der Waals surface area contributed by atoms with Gasteiger partial charge in [0, 0.05) is 6.61 Å². The van der Waals surface area contributed by atoms with Gasteiger partial charge in [0.25, 0.3) is 0 Å². The molecule has 0 aliphatic carbocycles. The van der Waals surface area contributed by atoms with Crippen LogP contribution in [0.5, 0.6) is 17.2 Å². The first-order chi connectivity index (χ1) is 11.4. The maximum absolute atomic E-state index is 5.74. The first-order valence-corrected chi connectivity index (χ1v) is 8.09. The predicted molar refractivity (Wildman–Crippen MR) is 88.0 cm³/mol. The highest BCUT2D eigenvalue weighted by atomic mass is 16.7. The molecular formula is C19H22O4. The van der Waals surface area contributed by atoms with E-state index in [0.717, 1.165) is 36.7 Å². The zero-order valence-electron chi connectivity index (χ0n) is 13.1. The molecule has 0 N–H and O–H groups in total. The van der Waals surface area contributed by atoms with Gasteiger partial charge >= 0.3 is 0 Å². The van der Waals surface area contributed by atoms with Gasteiger partial charge in [0.1, 0.15) is 23.9 Å². The average molecular weight is 314 g/mol. The molecule has 2 aromatic rings. The molecule has 1 aliphatic heterocycles. The Labute approximate surface area is 136 Å². The molecule has 1 saturated heterocycles. The molecule has 1 heterocycles. The second-order valence-corrected chi connectivity index (χ2v) is 5.40. The van der Waals surface area contributed by atoms with Crippen molar-refractivity contribution in [3.63, 3.8) is 0 Å². The smallest absolute Gasteiger partial charge is 0.157 e. The van der Waals surface area contributed by atoms with Crippen LogP contribution in [0.15, 0.2) is 54.6 Å².